The van der Waals surface area contributed by atoms with E-state index in [9.17, 15) is 0 Å². The predicted octanol–water partition coefficient (Wildman–Crippen LogP) is 2.35. The highest BCUT2D eigenvalue weighted by Crippen LogP contribution is 2.24. The molecule has 1 N–H and O–H groups in total. The number of nitrogens with one attached hydrogen (secondary N) is 1. The van der Waals surface area contributed by atoms with Crippen LogP contribution < -0.4 is 10.2 Å². The lowest BCUT2D eigenvalue weighted by Gasteiger charge is -2.04. The molecule has 1 aromatic carbocycles. The highest BCUT2D eigenvalue weighted by atomic mass is 32.1. The highest BCUT2D eigenvalue weighted by Gasteiger charge is 2.04. The Morgan fingerprint density at radius 1 is 1.13 bits per heavy atom. The number of hydrogen-bond donors (Lipinski definition) is 1. The van der Waals surface area contributed by atoms with E-state index in [0.29, 0.717) is 0 Å². The normalized spacial score (nSPS) is 10.0. The minimum Gasteiger partial charge on any atom is -0.353 e. The standard InChI is InChI=1S/C10H12N4S/c1-14(2)10-13-12-9(15-10)11-8-6-4-3-5-7-8/h3-7H,1-2H3,(H,11,12). The van der Waals surface area contributed by atoms with Crippen molar-refractivity contribution in [3.63, 3.8) is 0 Å². The summed E-state index contributed by atoms with van der Waals surface area (Å²) in [7, 11) is 3.90. The first-order chi connectivity index (χ1) is 7.25. The van der Waals surface area contributed by atoms with Crippen LogP contribution in [0.4, 0.5) is 16.0 Å². The molecular formula is C10H12N4S. The van der Waals surface area contributed by atoms with E-state index in [1.807, 2.05) is 49.3 Å². The summed E-state index contributed by atoms with van der Waals surface area (Å²) in [6.07, 6.45) is 0. The van der Waals surface area contributed by atoms with E-state index in [1.165, 1.54) is 11.3 Å². The Labute approximate surface area is 92.6 Å². The van der Waals surface area contributed by atoms with E-state index in [0.717, 1.165) is 16.0 Å². The topological polar surface area (TPSA) is 41.1 Å². The van der Waals surface area contributed by atoms with Gasteiger partial charge in [-0.3, -0.25) is 0 Å². The second kappa shape index (κ2) is 4.27. The summed E-state index contributed by atoms with van der Waals surface area (Å²) >= 11 is 1.53. The van der Waals surface area contributed by atoms with Crippen LogP contribution in [0, 0.1) is 0 Å². The molecule has 5 heteroatoms. The Morgan fingerprint density at radius 2 is 1.87 bits per heavy atom. The van der Waals surface area contributed by atoms with E-state index in [4.69, 9.17) is 0 Å². The van der Waals surface area contributed by atoms with Crippen LogP contribution in [-0.2, 0) is 0 Å². The van der Waals surface area contributed by atoms with Crippen molar-refractivity contribution in [2.24, 2.45) is 0 Å². The van der Waals surface area contributed by atoms with Gasteiger partial charge in [0.2, 0.25) is 10.3 Å². The summed E-state index contributed by atoms with van der Waals surface area (Å²) in [5.41, 5.74) is 1.03. The number of aromatic nitrogens is 2. The third kappa shape index (κ3) is 2.44. The van der Waals surface area contributed by atoms with Gasteiger partial charge in [0.05, 0.1) is 0 Å². The maximum atomic E-state index is 4.05. The Kier molecular flexibility index (Phi) is 2.82. The predicted molar refractivity (Wildman–Crippen MR) is 64.0 cm³/mol. The zero-order valence-electron chi connectivity index (χ0n) is 8.64. The lowest BCUT2D eigenvalue weighted by Crippen LogP contribution is -2.07. The smallest absolute Gasteiger partial charge is 0.211 e. The summed E-state index contributed by atoms with van der Waals surface area (Å²) in [4.78, 5) is 1.94. The van der Waals surface area contributed by atoms with Gasteiger partial charge in [-0.15, -0.1) is 10.2 Å². The van der Waals surface area contributed by atoms with Crippen molar-refractivity contribution in [2.45, 2.75) is 0 Å². The number of rotatable bonds is 3. The van der Waals surface area contributed by atoms with Gasteiger partial charge in [-0.25, -0.2) is 0 Å². The molecule has 0 fully saturated rings. The molecule has 0 bridgehead atoms. The molecule has 0 spiro atoms. The fraction of sp³-hybridized carbons (Fsp3) is 0.200. The van der Waals surface area contributed by atoms with Gasteiger partial charge in [0, 0.05) is 19.8 Å². The van der Waals surface area contributed by atoms with Crippen LogP contribution in [0.1, 0.15) is 0 Å². The molecule has 0 aliphatic carbocycles. The summed E-state index contributed by atoms with van der Waals surface area (Å²) in [6.45, 7) is 0. The number of para-hydroxylation sites is 1. The lowest BCUT2D eigenvalue weighted by molar-refractivity contribution is 1.02. The van der Waals surface area contributed by atoms with Crippen LogP contribution in [0.3, 0.4) is 0 Å². The van der Waals surface area contributed by atoms with Crippen molar-refractivity contribution in [3.05, 3.63) is 30.3 Å². The molecule has 1 heterocycles. The minimum atomic E-state index is 0.810. The maximum absolute atomic E-state index is 4.05. The van der Waals surface area contributed by atoms with Gasteiger partial charge in [-0.05, 0) is 12.1 Å². The average Bonchev–Trinajstić information content (AvgIpc) is 2.68. The third-order valence-electron chi connectivity index (χ3n) is 1.82. The third-order valence-corrected chi connectivity index (χ3v) is 2.83. The molecule has 0 atom stereocenters. The van der Waals surface area contributed by atoms with Crippen molar-refractivity contribution in [1.82, 2.24) is 10.2 Å². The van der Waals surface area contributed by atoms with Crippen LogP contribution in [-0.4, -0.2) is 24.3 Å². The number of benzene rings is 1. The second-order valence-electron chi connectivity index (χ2n) is 3.28. The van der Waals surface area contributed by atoms with Gasteiger partial charge >= 0.3 is 0 Å². The molecule has 2 aromatic rings. The molecule has 1 aromatic heterocycles. The van der Waals surface area contributed by atoms with Gasteiger partial charge in [-0.1, -0.05) is 29.5 Å². The molecule has 0 saturated heterocycles. The van der Waals surface area contributed by atoms with Gasteiger partial charge in [-0.2, -0.15) is 0 Å². The van der Waals surface area contributed by atoms with Gasteiger partial charge in [0.15, 0.2) is 0 Å². The fourth-order valence-electron chi connectivity index (χ4n) is 1.09. The quantitative estimate of drug-likeness (QED) is 0.862. The molecule has 0 aliphatic heterocycles. The van der Waals surface area contributed by atoms with Gasteiger partial charge < -0.3 is 10.2 Å². The molecule has 0 unspecified atom stereocenters. The first kappa shape index (κ1) is 9.92. The zero-order chi connectivity index (χ0) is 10.7. The number of nitrogens with zero attached hydrogens (tertiary/aromatic N) is 3. The molecule has 78 valence electrons. The second-order valence-corrected chi connectivity index (χ2v) is 4.23. The van der Waals surface area contributed by atoms with Gasteiger partial charge in [0.1, 0.15) is 0 Å². The van der Waals surface area contributed by atoms with Crippen LogP contribution in [0.25, 0.3) is 0 Å². The molecule has 0 saturated carbocycles. The Hall–Kier alpha value is -1.62. The molecule has 0 aliphatic rings. The summed E-state index contributed by atoms with van der Waals surface area (Å²) in [6, 6.07) is 9.94. The summed E-state index contributed by atoms with van der Waals surface area (Å²) in [5, 5.41) is 13.0. The molecule has 0 amide bonds. The first-order valence-electron chi connectivity index (χ1n) is 4.58. The van der Waals surface area contributed by atoms with Gasteiger partial charge in [0.25, 0.3) is 0 Å². The summed E-state index contributed by atoms with van der Waals surface area (Å²) in [5.74, 6) is 0. The Morgan fingerprint density at radius 3 is 2.47 bits per heavy atom. The van der Waals surface area contributed by atoms with Crippen LogP contribution in [0.5, 0.6) is 0 Å². The largest absolute Gasteiger partial charge is 0.353 e. The minimum absolute atomic E-state index is 0.810. The molecular weight excluding hydrogens is 208 g/mol. The zero-order valence-corrected chi connectivity index (χ0v) is 9.45. The van der Waals surface area contributed by atoms with Crippen molar-refractivity contribution < 1.29 is 0 Å². The number of hydrogen-bond acceptors (Lipinski definition) is 5. The highest BCUT2D eigenvalue weighted by molar-refractivity contribution is 7.19. The Balaban J connectivity index is 2.12. The maximum Gasteiger partial charge on any atom is 0.211 e. The molecule has 0 radical (unpaired) electrons. The molecule has 2 rings (SSSR count). The van der Waals surface area contributed by atoms with Crippen LogP contribution in [0.2, 0.25) is 0 Å². The molecule has 4 nitrogen and oxygen atoms in total. The van der Waals surface area contributed by atoms with Crippen molar-refractivity contribution in [3.8, 4) is 0 Å². The monoisotopic (exact) mass is 220 g/mol. The SMILES string of the molecule is CN(C)c1nnc(Nc2ccccc2)s1. The van der Waals surface area contributed by atoms with E-state index >= 15 is 0 Å². The van der Waals surface area contributed by atoms with Crippen LogP contribution in [0.15, 0.2) is 30.3 Å². The van der Waals surface area contributed by atoms with E-state index < -0.39 is 0 Å². The van der Waals surface area contributed by atoms with Crippen molar-refractivity contribution in [1.29, 1.82) is 0 Å². The van der Waals surface area contributed by atoms with Crippen LogP contribution >= 0.6 is 11.3 Å². The van der Waals surface area contributed by atoms with E-state index in [-0.39, 0.29) is 0 Å². The van der Waals surface area contributed by atoms with E-state index in [1.54, 1.807) is 0 Å². The van der Waals surface area contributed by atoms with Crippen molar-refractivity contribution >= 4 is 27.3 Å². The molecule has 15 heavy (non-hydrogen) atoms. The van der Waals surface area contributed by atoms with E-state index in [2.05, 4.69) is 15.5 Å². The first-order valence-corrected chi connectivity index (χ1v) is 5.40. The number of anilines is 3. The Bertz CT molecular complexity index is 424. The summed E-state index contributed by atoms with van der Waals surface area (Å²) < 4.78 is 0. The fourth-order valence-corrected chi connectivity index (χ4v) is 1.78. The van der Waals surface area contributed by atoms with Crippen molar-refractivity contribution in [2.75, 3.05) is 24.3 Å². The average molecular weight is 220 g/mol. The lowest BCUT2D eigenvalue weighted by atomic mass is 10.3.